The Morgan fingerprint density at radius 3 is 2.61 bits per heavy atom. The lowest BCUT2D eigenvalue weighted by Gasteiger charge is -2.28. The zero-order valence-electron chi connectivity index (χ0n) is 10.6. The number of hydrogen-bond donors (Lipinski definition) is 1. The highest BCUT2D eigenvalue weighted by atomic mass is 19.1. The largest absolute Gasteiger partial charge is 0.379 e. The van der Waals surface area contributed by atoms with E-state index in [0.717, 1.165) is 0 Å². The van der Waals surface area contributed by atoms with Gasteiger partial charge < -0.3 is 5.11 Å². The molecular weight excluding hydrogens is 231 g/mol. The second kappa shape index (κ2) is 4.90. The molecule has 1 atom stereocenters. The quantitative estimate of drug-likeness (QED) is 0.903. The molecule has 1 heterocycles. The Labute approximate surface area is 106 Å². The van der Waals surface area contributed by atoms with E-state index in [9.17, 15) is 9.50 Å². The van der Waals surface area contributed by atoms with E-state index in [2.05, 4.69) is 5.10 Å². The minimum absolute atomic E-state index is 0.294. The maximum Gasteiger partial charge on any atom is 0.134 e. The van der Waals surface area contributed by atoms with Crippen molar-refractivity contribution in [3.05, 3.63) is 53.6 Å². The molecule has 0 radical (unpaired) electrons. The Bertz CT molecular complexity index is 538. The molecule has 0 bridgehead atoms. The van der Waals surface area contributed by atoms with E-state index in [1.807, 2.05) is 13.8 Å². The number of hydrogen-bond acceptors (Lipinski definition) is 2. The molecule has 0 spiro atoms. The third-order valence-electron chi connectivity index (χ3n) is 3.27. The molecule has 0 fully saturated rings. The molecule has 1 aromatic heterocycles. The van der Waals surface area contributed by atoms with E-state index in [-0.39, 0.29) is 0 Å². The molecule has 96 valence electrons. The fraction of sp³-hybridized carbons (Fsp3) is 0.357. The van der Waals surface area contributed by atoms with Crippen molar-refractivity contribution in [1.82, 2.24) is 9.78 Å². The van der Waals surface area contributed by atoms with Gasteiger partial charge in [0.15, 0.2) is 0 Å². The van der Waals surface area contributed by atoms with Crippen molar-refractivity contribution in [1.29, 1.82) is 0 Å². The van der Waals surface area contributed by atoms with Gasteiger partial charge in [-0.3, -0.25) is 4.68 Å². The third-order valence-corrected chi connectivity index (χ3v) is 3.27. The zero-order valence-corrected chi connectivity index (χ0v) is 10.6. The summed E-state index contributed by atoms with van der Waals surface area (Å²) in [4.78, 5) is 0. The first-order valence-electron chi connectivity index (χ1n) is 6.13. The number of benzene rings is 1. The minimum atomic E-state index is -1.34. The topological polar surface area (TPSA) is 38.0 Å². The average molecular weight is 248 g/mol. The number of rotatable bonds is 4. The van der Waals surface area contributed by atoms with Gasteiger partial charge in [0.2, 0.25) is 0 Å². The van der Waals surface area contributed by atoms with Gasteiger partial charge in [-0.25, -0.2) is 4.39 Å². The lowest BCUT2D eigenvalue weighted by Crippen LogP contribution is -2.30. The van der Waals surface area contributed by atoms with E-state index in [4.69, 9.17) is 0 Å². The molecular formula is C14H17FN2O. The van der Waals surface area contributed by atoms with Crippen LogP contribution in [0.1, 0.15) is 31.5 Å². The van der Waals surface area contributed by atoms with Crippen LogP contribution in [-0.2, 0) is 12.1 Å². The highest BCUT2D eigenvalue weighted by molar-refractivity contribution is 5.33. The molecule has 1 N–H and O–H groups in total. The number of nitrogens with zero attached hydrogens (tertiary/aromatic N) is 2. The summed E-state index contributed by atoms with van der Waals surface area (Å²) in [6.07, 6.45) is 2.01. The Hall–Kier alpha value is -1.68. The van der Waals surface area contributed by atoms with Crippen LogP contribution < -0.4 is 0 Å². The lowest BCUT2D eigenvalue weighted by atomic mass is 9.87. The molecule has 1 unspecified atom stereocenters. The van der Waals surface area contributed by atoms with E-state index in [1.165, 1.54) is 6.07 Å². The fourth-order valence-corrected chi connectivity index (χ4v) is 2.24. The number of halogens is 1. The summed E-state index contributed by atoms with van der Waals surface area (Å²) in [6.45, 7) is 4.41. The Kier molecular flexibility index (Phi) is 3.48. The summed E-state index contributed by atoms with van der Waals surface area (Å²) in [5.74, 6) is -0.397. The van der Waals surface area contributed by atoms with Gasteiger partial charge in [-0.05, 0) is 25.5 Å². The molecule has 0 aliphatic heterocycles. The van der Waals surface area contributed by atoms with Gasteiger partial charge in [0.1, 0.15) is 11.4 Å². The molecule has 0 saturated carbocycles. The number of aromatic nitrogens is 2. The minimum Gasteiger partial charge on any atom is -0.379 e. The van der Waals surface area contributed by atoms with Gasteiger partial charge in [0, 0.05) is 18.3 Å². The normalized spacial score (nSPS) is 14.4. The lowest BCUT2D eigenvalue weighted by molar-refractivity contribution is 0.0629. The van der Waals surface area contributed by atoms with Crippen LogP contribution in [0.25, 0.3) is 0 Å². The summed E-state index contributed by atoms with van der Waals surface area (Å²) in [5.41, 5.74) is -0.419. The van der Waals surface area contributed by atoms with Crippen molar-refractivity contribution < 1.29 is 9.50 Å². The van der Waals surface area contributed by atoms with E-state index in [1.54, 1.807) is 35.1 Å². The molecule has 1 aromatic carbocycles. The van der Waals surface area contributed by atoms with Gasteiger partial charge in [0.05, 0.1) is 5.69 Å². The van der Waals surface area contributed by atoms with Crippen molar-refractivity contribution in [3.63, 3.8) is 0 Å². The van der Waals surface area contributed by atoms with E-state index < -0.39 is 11.4 Å². The summed E-state index contributed by atoms with van der Waals surface area (Å²) in [6, 6.07) is 8.06. The molecule has 18 heavy (non-hydrogen) atoms. The first kappa shape index (κ1) is 12.8. The van der Waals surface area contributed by atoms with Gasteiger partial charge in [0.25, 0.3) is 0 Å². The highest BCUT2D eigenvalue weighted by Gasteiger charge is 2.34. The van der Waals surface area contributed by atoms with Crippen molar-refractivity contribution in [2.75, 3.05) is 0 Å². The van der Waals surface area contributed by atoms with Crippen molar-refractivity contribution >= 4 is 0 Å². The van der Waals surface area contributed by atoms with Crippen LogP contribution in [0.3, 0.4) is 0 Å². The second-order valence-corrected chi connectivity index (χ2v) is 4.23. The molecule has 3 nitrogen and oxygen atoms in total. The van der Waals surface area contributed by atoms with Gasteiger partial charge in [-0.2, -0.15) is 5.10 Å². The van der Waals surface area contributed by atoms with Gasteiger partial charge in [-0.15, -0.1) is 0 Å². The number of aliphatic hydroxyl groups is 1. The zero-order chi connectivity index (χ0) is 13.2. The standard InChI is InChI=1S/C14H17FN2O/c1-3-14(18,11-7-5-6-8-12(11)15)13-9-10-16-17(13)4-2/h5-10,18H,3-4H2,1-2H3. The average Bonchev–Trinajstić information content (AvgIpc) is 2.87. The molecule has 0 aliphatic carbocycles. The SMILES string of the molecule is CCn1nccc1C(O)(CC)c1ccccc1F. The molecule has 0 saturated heterocycles. The predicted molar refractivity (Wildman–Crippen MR) is 67.6 cm³/mol. The van der Waals surface area contributed by atoms with Crippen molar-refractivity contribution in [2.45, 2.75) is 32.4 Å². The van der Waals surface area contributed by atoms with Crippen LogP contribution in [0.5, 0.6) is 0 Å². The van der Waals surface area contributed by atoms with Crippen LogP contribution >= 0.6 is 0 Å². The van der Waals surface area contributed by atoms with Crippen LogP contribution in [0.15, 0.2) is 36.5 Å². The van der Waals surface area contributed by atoms with Crippen LogP contribution in [0.2, 0.25) is 0 Å². The van der Waals surface area contributed by atoms with Crippen LogP contribution in [0.4, 0.5) is 4.39 Å². The Balaban J connectivity index is 2.59. The van der Waals surface area contributed by atoms with Crippen LogP contribution in [-0.4, -0.2) is 14.9 Å². The predicted octanol–water partition coefficient (Wildman–Crippen LogP) is 2.69. The van der Waals surface area contributed by atoms with Gasteiger partial charge >= 0.3 is 0 Å². The second-order valence-electron chi connectivity index (χ2n) is 4.23. The first-order chi connectivity index (χ1) is 8.63. The maximum absolute atomic E-state index is 13.9. The van der Waals surface area contributed by atoms with Crippen LogP contribution in [0, 0.1) is 5.82 Å². The van der Waals surface area contributed by atoms with Crippen molar-refractivity contribution in [3.8, 4) is 0 Å². The Morgan fingerprint density at radius 1 is 1.28 bits per heavy atom. The summed E-state index contributed by atoms with van der Waals surface area (Å²) in [7, 11) is 0. The molecule has 2 rings (SSSR count). The Morgan fingerprint density at radius 2 is 2.00 bits per heavy atom. The molecule has 0 aliphatic rings. The van der Waals surface area contributed by atoms with Gasteiger partial charge in [-0.1, -0.05) is 25.1 Å². The van der Waals surface area contributed by atoms with E-state index in [0.29, 0.717) is 24.2 Å². The molecule has 4 heteroatoms. The highest BCUT2D eigenvalue weighted by Crippen LogP contribution is 2.34. The van der Waals surface area contributed by atoms with E-state index >= 15 is 0 Å². The molecule has 0 amide bonds. The van der Waals surface area contributed by atoms with Crippen molar-refractivity contribution in [2.24, 2.45) is 0 Å². The third kappa shape index (κ3) is 1.93. The maximum atomic E-state index is 13.9. The summed E-state index contributed by atoms with van der Waals surface area (Å²) >= 11 is 0. The first-order valence-corrected chi connectivity index (χ1v) is 6.13. The fourth-order valence-electron chi connectivity index (χ4n) is 2.24. The number of aryl methyl sites for hydroxylation is 1. The summed E-state index contributed by atoms with van der Waals surface area (Å²) in [5, 5.41) is 15.0. The summed E-state index contributed by atoms with van der Waals surface area (Å²) < 4.78 is 15.6. The molecule has 2 aromatic rings. The monoisotopic (exact) mass is 248 g/mol. The smallest absolute Gasteiger partial charge is 0.134 e.